The lowest BCUT2D eigenvalue weighted by molar-refractivity contribution is 0.0934. The molecular weight excluding hydrogens is 176 g/mol. The molecule has 0 aliphatic rings. The lowest BCUT2D eigenvalue weighted by Gasteiger charge is -2.13. The molecule has 0 aliphatic heterocycles. The summed E-state index contributed by atoms with van der Waals surface area (Å²) in [7, 11) is 3.89. The summed E-state index contributed by atoms with van der Waals surface area (Å²) in [6.45, 7) is 3.76. The molecule has 0 aromatic carbocycles. The molecule has 3 nitrogen and oxygen atoms in total. The first-order valence-electron chi connectivity index (χ1n) is 4.70. The standard InChI is InChI=1S/C11H16N2O/c1-8(2)11(14)10-7-9(13(3)4)5-6-12-10/h5-8H,1-4H3. The van der Waals surface area contributed by atoms with Crippen molar-refractivity contribution >= 4 is 11.5 Å². The number of anilines is 1. The third-order valence-corrected chi connectivity index (χ3v) is 2.04. The van der Waals surface area contributed by atoms with E-state index in [0.29, 0.717) is 5.69 Å². The second-order valence-electron chi connectivity index (χ2n) is 3.81. The molecule has 1 heterocycles. The highest BCUT2D eigenvalue weighted by Gasteiger charge is 2.12. The summed E-state index contributed by atoms with van der Waals surface area (Å²) in [5, 5.41) is 0. The van der Waals surface area contributed by atoms with Gasteiger partial charge >= 0.3 is 0 Å². The van der Waals surface area contributed by atoms with Gasteiger partial charge < -0.3 is 4.90 Å². The highest BCUT2D eigenvalue weighted by Crippen LogP contribution is 2.13. The Morgan fingerprint density at radius 2 is 2.07 bits per heavy atom. The molecular formula is C11H16N2O. The van der Waals surface area contributed by atoms with E-state index < -0.39 is 0 Å². The molecule has 0 saturated carbocycles. The van der Waals surface area contributed by atoms with E-state index in [2.05, 4.69) is 4.98 Å². The predicted molar refractivity (Wildman–Crippen MR) is 57.7 cm³/mol. The number of carbonyl (C=O) groups is 1. The van der Waals surface area contributed by atoms with Gasteiger partial charge in [-0.2, -0.15) is 0 Å². The van der Waals surface area contributed by atoms with Crippen LogP contribution in [-0.2, 0) is 0 Å². The molecule has 0 radical (unpaired) electrons. The Morgan fingerprint density at radius 3 is 2.57 bits per heavy atom. The molecule has 1 aromatic heterocycles. The van der Waals surface area contributed by atoms with Crippen molar-refractivity contribution in [1.29, 1.82) is 0 Å². The number of aromatic nitrogens is 1. The van der Waals surface area contributed by atoms with Gasteiger partial charge in [-0.3, -0.25) is 9.78 Å². The highest BCUT2D eigenvalue weighted by molar-refractivity contribution is 5.96. The summed E-state index contributed by atoms with van der Waals surface area (Å²) in [5.41, 5.74) is 1.55. The largest absolute Gasteiger partial charge is 0.378 e. The predicted octanol–water partition coefficient (Wildman–Crippen LogP) is 1.99. The summed E-state index contributed by atoms with van der Waals surface area (Å²) in [5.74, 6) is 0.0913. The van der Waals surface area contributed by atoms with Crippen molar-refractivity contribution in [1.82, 2.24) is 4.98 Å². The molecule has 0 spiro atoms. The molecule has 0 amide bonds. The Balaban J connectivity index is 3.00. The second kappa shape index (κ2) is 4.22. The maximum atomic E-state index is 11.6. The quantitative estimate of drug-likeness (QED) is 0.687. The van der Waals surface area contributed by atoms with Gasteiger partial charge in [0.2, 0.25) is 0 Å². The number of nitrogens with zero attached hydrogens (tertiary/aromatic N) is 2. The number of pyridine rings is 1. The summed E-state index contributed by atoms with van der Waals surface area (Å²) < 4.78 is 0. The molecule has 0 N–H and O–H groups in total. The maximum Gasteiger partial charge on any atom is 0.183 e. The van der Waals surface area contributed by atoms with Crippen LogP contribution in [0.3, 0.4) is 0 Å². The van der Waals surface area contributed by atoms with Crippen molar-refractivity contribution in [2.24, 2.45) is 5.92 Å². The number of carbonyl (C=O) groups excluding carboxylic acids is 1. The SMILES string of the molecule is CC(C)C(=O)c1cc(N(C)C)ccn1. The van der Waals surface area contributed by atoms with E-state index in [1.807, 2.05) is 45.0 Å². The van der Waals surface area contributed by atoms with Gasteiger partial charge in [-0.25, -0.2) is 0 Å². The van der Waals surface area contributed by atoms with Gasteiger partial charge in [0.1, 0.15) is 5.69 Å². The highest BCUT2D eigenvalue weighted by atomic mass is 16.1. The van der Waals surface area contributed by atoms with Crippen LogP contribution in [0.15, 0.2) is 18.3 Å². The lowest BCUT2D eigenvalue weighted by Crippen LogP contribution is -2.13. The monoisotopic (exact) mass is 192 g/mol. The van der Waals surface area contributed by atoms with Crippen LogP contribution in [0.5, 0.6) is 0 Å². The fourth-order valence-corrected chi connectivity index (χ4v) is 1.13. The number of hydrogen-bond acceptors (Lipinski definition) is 3. The topological polar surface area (TPSA) is 33.2 Å². The zero-order valence-corrected chi connectivity index (χ0v) is 9.11. The van der Waals surface area contributed by atoms with Gasteiger partial charge in [-0.1, -0.05) is 13.8 Å². The van der Waals surface area contributed by atoms with Crippen LogP contribution in [0.2, 0.25) is 0 Å². The van der Waals surface area contributed by atoms with Crippen molar-refractivity contribution in [2.45, 2.75) is 13.8 Å². The number of hydrogen-bond donors (Lipinski definition) is 0. The Morgan fingerprint density at radius 1 is 1.43 bits per heavy atom. The fraction of sp³-hybridized carbons (Fsp3) is 0.455. The molecule has 0 fully saturated rings. The van der Waals surface area contributed by atoms with Gasteiger partial charge in [-0.15, -0.1) is 0 Å². The molecule has 0 unspecified atom stereocenters. The number of rotatable bonds is 3. The first-order valence-corrected chi connectivity index (χ1v) is 4.70. The lowest BCUT2D eigenvalue weighted by atomic mass is 10.1. The third kappa shape index (κ3) is 2.31. The van der Waals surface area contributed by atoms with Crippen molar-refractivity contribution in [3.05, 3.63) is 24.0 Å². The van der Waals surface area contributed by atoms with Crippen LogP contribution in [0.25, 0.3) is 0 Å². The minimum absolute atomic E-state index is 0.0000813. The third-order valence-electron chi connectivity index (χ3n) is 2.04. The van der Waals surface area contributed by atoms with E-state index in [-0.39, 0.29) is 11.7 Å². The molecule has 1 aromatic rings. The first-order chi connectivity index (χ1) is 6.52. The average molecular weight is 192 g/mol. The second-order valence-corrected chi connectivity index (χ2v) is 3.81. The zero-order valence-electron chi connectivity index (χ0n) is 9.11. The number of Topliss-reactive ketones (excluding diaryl/α,β-unsaturated/α-hetero) is 1. The maximum absolute atomic E-state index is 11.6. The minimum Gasteiger partial charge on any atom is -0.378 e. The Hall–Kier alpha value is -1.38. The van der Waals surface area contributed by atoms with E-state index >= 15 is 0 Å². The van der Waals surface area contributed by atoms with Crippen LogP contribution in [0.4, 0.5) is 5.69 Å². The van der Waals surface area contributed by atoms with Crippen LogP contribution < -0.4 is 4.90 Å². The fourth-order valence-electron chi connectivity index (χ4n) is 1.13. The van der Waals surface area contributed by atoms with E-state index in [9.17, 15) is 4.79 Å². The van der Waals surface area contributed by atoms with Crippen LogP contribution in [0, 0.1) is 5.92 Å². The molecule has 0 atom stereocenters. The Kier molecular flexibility index (Phi) is 3.23. The average Bonchev–Trinajstić information content (AvgIpc) is 2.16. The Bertz CT molecular complexity index is 332. The molecule has 0 bridgehead atoms. The van der Waals surface area contributed by atoms with Gasteiger partial charge in [0.05, 0.1) is 0 Å². The van der Waals surface area contributed by atoms with Gasteiger partial charge in [0.15, 0.2) is 5.78 Å². The molecule has 14 heavy (non-hydrogen) atoms. The summed E-state index contributed by atoms with van der Waals surface area (Å²) >= 11 is 0. The molecule has 0 saturated heterocycles. The van der Waals surface area contributed by atoms with E-state index in [1.54, 1.807) is 6.20 Å². The zero-order chi connectivity index (χ0) is 10.7. The molecule has 1 rings (SSSR count). The van der Waals surface area contributed by atoms with Gasteiger partial charge in [0.25, 0.3) is 0 Å². The molecule has 0 aliphatic carbocycles. The number of ketones is 1. The summed E-state index contributed by atoms with van der Waals surface area (Å²) in [6, 6.07) is 3.71. The van der Waals surface area contributed by atoms with Crippen molar-refractivity contribution < 1.29 is 4.79 Å². The minimum atomic E-state index is -0.0000813. The van der Waals surface area contributed by atoms with Crippen LogP contribution in [-0.4, -0.2) is 24.9 Å². The van der Waals surface area contributed by atoms with Crippen LogP contribution >= 0.6 is 0 Å². The van der Waals surface area contributed by atoms with Crippen LogP contribution in [0.1, 0.15) is 24.3 Å². The van der Waals surface area contributed by atoms with Crippen molar-refractivity contribution in [3.63, 3.8) is 0 Å². The summed E-state index contributed by atoms with van der Waals surface area (Å²) in [4.78, 5) is 17.7. The van der Waals surface area contributed by atoms with Crippen molar-refractivity contribution in [2.75, 3.05) is 19.0 Å². The van der Waals surface area contributed by atoms with Gasteiger partial charge in [0, 0.05) is 31.9 Å². The van der Waals surface area contributed by atoms with E-state index in [4.69, 9.17) is 0 Å². The van der Waals surface area contributed by atoms with E-state index in [0.717, 1.165) is 5.69 Å². The van der Waals surface area contributed by atoms with Gasteiger partial charge in [-0.05, 0) is 12.1 Å². The first kappa shape index (κ1) is 10.7. The van der Waals surface area contributed by atoms with E-state index in [1.165, 1.54) is 0 Å². The van der Waals surface area contributed by atoms with Crippen molar-refractivity contribution in [3.8, 4) is 0 Å². The summed E-state index contributed by atoms with van der Waals surface area (Å²) in [6.07, 6.45) is 1.67. The normalized spacial score (nSPS) is 10.4. The molecule has 76 valence electrons. The molecule has 3 heteroatoms. The smallest absolute Gasteiger partial charge is 0.183 e. The Labute approximate surface area is 84.8 Å².